The highest BCUT2D eigenvalue weighted by atomic mass is 35.5. The van der Waals surface area contributed by atoms with Crippen molar-refractivity contribution in [1.82, 2.24) is 14.3 Å². The Morgan fingerprint density at radius 3 is 2.57 bits per heavy atom. The lowest BCUT2D eigenvalue weighted by Gasteiger charge is -2.34. The molecule has 1 aliphatic rings. The lowest BCUT2D eigenvalue weighted by Crippen LogP contribution is -2.41. The van der Waals surface area contributed by atoms with Crippen LogP contribution in [0, 0.1) is 0 Å². The lowest BCUT2D eigenvalue weighted by molar-refractivity contribution is 0.282. The number of hydrogen-bond acceptors (Lipinski definition) is 4. The van der Waals surface area contributed by atoms with Gasteiger partial charge in [0.2, 0.25) is 0 Å². The molecule has 0 bridgehead atoms. The van der Waals surface area contributed by atoms with Crippen LogP contribution in [0.4, 0.5) is 5.82 Å². The van der Waals surface area contributed by atoms with Crippen LogP contribution < -0.4 is 4.90 Å². The molecule has 1 saturated heterocycles. The average molecular weight is 421 g/mol. The molecule has 2 aromatic carbocycles. The Labute approximate surface area is 181 Å². The van der Waals surface area contributed by atoms with Gasteiger partial charge < -0.3 is 10.0 Å². The average Bonchev–Trinajstić information content (AvgIpc) is 3.39. The number of halogens is 1. The van der Waals surface area contributed by atoms with Crippen molar-refractivity contribution in [2.45, 2.75) is 25.6 Å². The number of benzene rings is 2. The Kier molecular flexibility index (Phi) is 4.89. The van der Waals surface area contributed by atoms with Crippen LogP contribution in [0.25, 0.3) is 27.8 Å². The van der Waals surface area contributed by atoms with Crippen LogP contribution in [0.2, 0.25) is 5.02 Å². The van der Waals surface area contributed by atoms with Crippen molar-refractivity contribution < 1.29 is 5.11 Å². The Balaban J connectivity index is 1.96. The molecule has 5 rings (SSSR count). The van der Waals surface area contributed by atoms with Crippen molar-refractivity contribution in [2.75, 3.05) is 25.5 Å². The molecule has 2 aromatic heterocycles. The maximum Gasteiger partial charge on any atom is 0.146 e. The maximum absolute atomic E-state index is 10.2. The van der Waals surface area contributed by atoms with E-state index in [1.165, 1.54) is 0 Å². The molecule has 0 unspecified atom stereocenters. The molecule has 0 aliphatic carbocycles. The summed E-state index contributed by atoms with van der Waals surface area (Å²) in [5.41, 5.74) is 5.30. The normalized spacial score (nSPS) is 17.0. The molecule has 30 heavy (non-hydrogen) atoms. The van der Waals surface area contributed by atoms with Crippen LogP contribution in [0.3, 0.4) is 0 Å². The second kappa shape index (κ2) is 7.58. The number of fused-ring (bicyclic) bond motifs is 3. The van der Waals surface area contributed by atoms with E-state index in [0.29, 0.717) is 10.6 Å². The van der Waals surface area contributed by atoms with E-state index in [-0.39, 0.29) is 12.8 Å². The number of aromatic nitrogens is 2. The standard InChI is InChI=1S/C24H25ClN4O/c1-27(2)20-13-8-14-28(20)24-21(16-9-4-3-5-10-16)22(25)17(15-30)23-26-18-11-6-7-12-19(18)29(23)24/h3-7,9-12,20,30H,8,13-15H2,1-2H3/t20-/m0/s1. The van der Waals surface area contributed by atoms with Crippen molar-refractivity contribution in [3.8, 4) is 11.1 Å². The highest BCUT2D eigenvalue weighted by Crippen LogP contribution is 2.44. The summed E-state index contributed by atoms with van der Waals surface area (Å²) in [5, 5.41) is 10.8. The highest BCUT2D eigenvalue weighted by Gasteiger charge is 2.33. The fourth-order valence-electron chi connectivity index (χ4n) is 4.71. The Morgan fingerprint density at radius 1 is 1.10 bits per heavy atom. The van der Waals surface area contributed by atoms with Gasteiger partial charge in [-0.15, -0.1) is 0 Å². The number of para-hydroxylation sites is 2. The van der Waals surface area contributed by atoms with Crippen LogP contribution in [-0.2, 0) is 6.61 Å². The number of aliphatic hydroxyl groups excluding tert-OH is 1. The molecule has 0 saturated carbocycles. The third-order valence-electron chi connectivity index (χ3n) is 6.06. The number of rotatable bonds is 4. The Bertz CT molecular complexity index is 1220. The number of nitrogens with zero attached hydrogens (tertiary/aromatic N) is 4. The van der Waals surface area contributed by atoms with Crippen molar-refractivity contribution in [2.24, 2.45) is 0 Å². The predicted octanol–water partition coefficient (Wildman–Crippen LogP) is 4.79. The predicted molar refractivity (Wildman–Crippen MR) is 123 cm³/mol. The second-order valence-corrected chi connectivity index (χ2v) is 8.43. The first-order valence-corrected chi connectivity index (χ1v) is 10.7. The molecule has 154 valence electrons. The van der Waals surface area contributed by atoms with Crippen LogP contribution >= 0.6 is 11.6 Å². The zero-order chi connectivity index (χ0) is 20.8. The van der Waals surface area contributed by atoms with Gasteiger partial charge in [0.1, 0.15) is 11.5 Å². The van der Waals surface area contributed by atoms with E-state index >= 15 is 0 Å². The molecular weight excluding hydrogens is 396 g/mol. The monoisotopic (exact) mass is 420 g/mol. The number of imidazole rings is 1. The third-order valence-corrected chi connectivity index (χ3v) is 6.48. The molecular formula is C24H25ClN4O. The first-order chi connectivity index (χ1) is 14.6. The van der Waals surface area contributed by atoms with Crippen LogP contribution in [0.1, 0.15) is 18.4 Å². The van der Waals surface area contributed by atoms with Gasteiger partial charge in [-0.2, -0.15) is 0 Å². The summed E-state index contributed by atoms with van der Waals surface area (Å²) in [7, 11) is 4.25. The molecule has 0 spiro atoms. The summed E-state index contributed by atoms with van der Waals surface area (Å²) in [6.45, 7) is 0.780. The summed E-state index contributed by atoms with van der Waals surface area (Å²) < 4.78 is 2.19. The first kappa shape index (κ1) is 19.4. The van der Waals surface area contributed by atoms with E-state index < -0.39 is 0 Å². The fraction of sp³-hybridized carbons (Fsp3) is 0.292. The summed E-state index contributed by atoms with van der Waals surface area (Å²) >= 11 is 7.01. The van der Waals surface area contributed by atoms with E-state index in [4.69, 9.17) is 16.6 Å². The Hall–Kier alpha value is -2.60. The van der Waals surface area contributed by atoms with E-state index in [1.807, 2.05) is 36.4 Å². The van der Waals surface area contributed by atoms with Crippen molar-refractivity contribution >= 4 is 34.1 Å². The SMILES string of the molecule is CN(C)[C@@H]1CCCN1c1c(-c2ccccc2)c(Cl)c(CO)c2nc3ccccc3n12. The van der Waals surface area contributed by atoms with E-state index in [2.05, 4.69) is 46.5 Å². The molecule has 1 fully saturated rings. The number of anilines is 1. The lowest BCUT2D eigenvalue weighted by atomic mass is 10.0. The van der Waals surface area contributed by atoms with Crippen molar-refractivity contribution in [1.29, 1.82) is 0 Å². The summed E-state index contributed by atoms with van der Waals surface area (Å²) in [6, 6.07) is 18.3. The second-order valence-electron chi connectivity index (χ2n) is 8.05. The van der Waals surface area contributed by atoms with E-state index in [1.54, 1.807) is 0 Å². The van der Waals surface area contributed by atoms with Crippen molar-refractivity contribution in [3.63, 3.8) is 0 Å². The smallest absolute Gasteiger partial charge is 0.146 e. The number of hydrogen-bond donors (Lipinski definition) is 1. The van der Waals surface area contributed by atoms with Gasteiger partial charge in [0.05, 0.1) is 28.8 Å². The van der Waals surface area contributed by atoms with E-state index in [0.717, 1.165) is 53.0 Å². The molecule has 5 nitrogen and oxygen atoms in total. The minimum Gasteiger partial charge on any atom is -0.391 e. The van der Waals surface area contributed by atoms with Gasteiger partial charge in [0.25, 0.3) is 0 Å². The molecule has 3 heterocycles. The van der Waals surface area contributed by atoms with Gasteiger partial charge in [0, 0.05) is 17.7 Å². The van der Waals surface area contributed by atoms with Crippen LogP contribution in [0.15, 0.2) is 54.6 Å². The third kappa shape index (κ3) is 2.88. The zero-order valence-corrected chi connectivity index (χ0v) is 18.0. The highest BCUT2D eigenvalue weighted by molar-refractivity contribution is 6.35. The van der Waals surface area contributed by atoms with Crippen LogP contribution in [-0.4, -0.2) is 46.2 Å². The minimum atomic E-state index is -0.164. The Morgan fingerprint density at radius 2 is 1.83 bits per heavy atom. The summed E-state index contributed by atoms with van der Waals surface area (Å²) in [4.78, 5) is 9.57. The topological polar surface area (TPSA) is 44.0 Å². The molecule has 1 N–H and O–H groups in total. The maximum atomic E-state index is 10.2. The van der Waals surface area contributed by atoms with Gasteiger partial charge in [-0.25, -0.2) is 4.98 Å². The largest absolute Gasteiger partial charge is 0.391 e. The van der Waals surface area contributed by atoms with Gasteiger partial charge in [0.15, 0.2) is 0 Å². The van der Waals surface area contributed by atoms with Gasteiger partial charge >= 0.3 is 0 Å². The number of pyridine rings is 1. The van der Waals surface area contributed by atoms with Gasteiger partial charge in [-0.3, -0.25) is 9.30 Å². The molecule has 1 aliphatic heterocycles. The fourth-order valence-corrected chi connectivity index (χ4v) is 5.05. The molecule has 4 aromatic rings. The molecule has 0 amide bonds. The van der Waals surface area contributed by atoms with E-state index in [9.17, 15) is 5.11 Å². The quantitative estimate of drug-likeness (QED) is 0.515. The number of aliphatic hydroxyl groups is 1. The first-order valence-electron chi connectivity index (χ1n) is 10.3. The van der Waals surface area contributed by atoms with Gasteiger partial charge in [-0.05, 0) is 44.6 Å². The van der Waals surface area contributed by atoms with Crippen molar-refractivity contribution in [3.05, 3.63) is 65.2 Å². The van der Waals surface area contributed by atoms with Gasteiger partial charge in [-0.1, -0.05) is 54.1 Å². The zero-order valence-electron chi connectivity index (χ0n) is 17.2. The minimum absolute atomic E-state index is 0.164. The molecule has 6 heteroatoms. The summed E-state index contributed by atoms with van der Waals surface area (Å²) in [5.74, 6) is 1.04. The molecule has 0 radical (unpaired) electrons. The summed E-state index contributed by atoms with van der Waals surface area (Å²) in [6.07, 6.45) is 2.48. The molecule has 1 atom stereocenters. The van der Waals surface area contributed by atoms with Crippen LogP contribution in [0.5, 0.6) is 0 Å².